The monoisotopic (exact) mass is 296 g/mol. The van der Waals surface area contributed by atoms with Crippen molar-refractivity contribution in [3.63, 3.8) is 0 Å². The average molecular weight is 296 g/mol. The SMILES string of the molecule is Cc1cc(-c2ccccc2)c(C)c(C)c1C.N=C=O.N=C=O. The molecule has 114 valence electrons. The van der Waals surface area contributed by atoms with E-state index in [4.69, 9.17) is 20.4 Å². The zero-order valence-electron chi connectivity index (χ0n) is 13.3. The number of aryl methyl sites for hydroxylation is 1. The van der Waals surface area contributed by atoms with Gasteiger partial charge >= 0.3 is 0 Å². The van der Waals surface area contributed by atoms with Crippen LogP contribution in [-0.2, 0) is 9.59 Å². The first-order chi connectivity index (χ1) is 10.4. The Hall–Kier alpha value is -2.80. The van der Waals surface area contributed by atoms with Crippen molar-refractivity contribution in [3.8, 4) is 11.1 Å². The van der Waals surface area contributed by atoms with E-state index in [0.717, 1.165) is 12.2 Å². The third kappa shape index (κ3) is 5.29. The van der Waals surface area contributed by atoms with Gasteiger partial charge in [-0.3, -0.25) is 0 Å². The van der Waals surface area contributed by atoms with Gasteiger partial charge in [-0.15, -0.1) is 0 Å². The van der Waals surface area contributed by atoms with E-state index in [0.29, 0.717) is 0 Å². The summed E-state index contributed by atoms with van der Waals surface area (Å²) in [6.07, 6.45) is 1.50. The number of rotatable bonds is 1. The summed E-state index contributed by atoms with van der Waals surface area (Å²) in [4.78, 5) is 16.7. The number of benzene rings is 2. The van der Waals surface area contributed by atoms with Gasteiger partial charge in [0.2, 0.25) is 12.2 Å². The molecule has 4 nitrogen and oxygen atoms in total. The van der Waals surface area contributed by atoms with Crippen molar-refractivity contribution in [3.05, 3.63) is 58.7 Å². The molecule has 0 heterocycles. The molecule has 2 aromatic carbocycles. The van der Waals surface area contributed by atoms with Crippen LogP contribution in [0, 0.1) is 38.5 Å². The first-order valence-corrected chi connectivity index (χ1v) is 6.65. The Balaban J connectivity index is 0.000000639. The Morgan fingerprint density at radius 1 is 0.773 bits per heavy atom. The van der Waals surface area contributed by atoms with Crippen molar-refractivity contribution >= 4 is 12.2 Å². The fourth-order valence-corrected chi connectivity index (χ4v) is 2.13. The van der Waals surface area contributed by atoms with Crippen molar-refractivity contribution in [2.45, 2.75) is 27.7 Å². The highest BCUT2D eigenvalue weighted by Crippen LogP contribution is 2.29. The first-order valence-electron chi connectivity index (χ1n) is 6.65. The molecule has 0 radical (unpaired) electrons. The molecule has 0 unspecified atom stereocenters. The summed E-state index contributed by atoms with van der Waals surface area (Å²) in [5.74, 6) is 0. The van der Waals surface area contributed by atoms with Crippen LogP contribution in [0.2, 0.25) is 0 Å². The minimum Gasteiger partial charge on any atom is -0.222 e. The van der Waals surface area contributed by atoms with Gasteiger partial charge in [0.05, 0.1) is 0 Å². The highest BCUT2D eigenvalue weighted by atomic mass is 16.1. The molecule has 0 aliphatic rings. The normalized spacial score (nSPS) is 8.36. The molecule has 0 aromatic heterocycles. The smallest absolute Gasteiger partial charge is 0.222 e. The summed E-state index contributed by atoms with van der Waals surface area (Å²) in [5, 5.41) is 10.8. The van der Waals surface area contributed by atoms with E-state index < -0.39 is 0 Å². The van der Waals surface area contributed by atoms with E-state index in [1.54, 1.807) is 0 Å². The molecule has 0 saturated carbocycles. The first kappa shape index (κ1) is 19.2. The minimum atomic E-state index is 0.750. The number of isocyanates is 2. The molecule has 0 atom stereocenters. The number of hydrogen-bond donors (Lipinski definition) is 2. The highest BCUT2D eigenvalue weighted by molar-refractivity contribution is 5.70. The number of nitrogens with one attached hydrogen (secondary N) is 2. The van der Waals surface area contributed by atoms with Crippen molar-refractivity contribution in [2.24, 2.45) is 0 Å². The predicted molar refractivity (Wildman–Crippen MR) is 87.7 cm³/mol. The van der Waals surface area contributed by atoms with Crippen molar-refractivity contribution in [1.82, 2.24) is 0 Å². The maximum atomic E-state index is 8.35. The van der Waals surface area contributed by atoms with Gasteiger partial charge in [0.25, 0.3) is 0 Å². The van der Waals surface area contributed by atoms with Crippen LogP contribution < -0.4 is 0 Å². The van der Waals surface area contributed by atoms with E-state index in [1.807, 2.05) is 0 Å². The second kappa shape index (κ2) is 10.0. The van der Waals surface area contributed by atoms with E-state index in [9.17, 15) is 0 Å². The third-order valence-corrected chi connectivity index (χ3v) is 3.57. The molecule has 0 fully saturated rings. The van der Waals surface area contributed by atoms with Gasteiger partial charge in [0.1, 0.15) is 0 Å². The Labute approximate surface area is 130 Å². The molecule has 22 heavy (non-hydrogen) atoms. The standard InChI is InChI=1S/C16H18.2CHNO/c1-11-10-16(14(4)13(3)12(11)2)15-8-6-5-7-9-15;2*2-1-3/h5-10H,1-4H3;2*2H. The summed E-state index contributed by atoms with van der Waals surface area (Å²) in [6.45, 7) is 8.81. The Bertz CT molecular complexity index is 668. The van der Waals surface area contributed by atoms with Crippen molar-refractivity contribution in [1.29, 1.82) is 10.8 Å². The summed E-state index contributed by atoms with van der Waals surface area (Å²) in [6, 6.07) is 12.9. The molecule has 2 aromatic rings. The minimum absolute atomic E-state index is 0.750. The van der Waals surface area contributed by atoms with Crippen LogP contribution in [0.1, 0.15) is 22.3 Å². The molecular formula is C18H20N2O2. The molecule has 0 amide bonds. The predicted octanol–water partition coefficient (Wildman–Crippen LogP) is 4.39. The zero-order chi connectivity index (χ0) is 17.1. The van der Waals surface area contributed by atoms with Gasteiger partial charge < -0.3 is 0 Å². The second-order valence-electron chi connectivity index (χ2n) is 4.69. The van der Waals surface area contributed by atoms with Gasteiger partial charge in [-0.2, -0.15) is 0 Å². The molecule has 0 saturated heterocycles. The molecule has 2 rings (SSSR count). The number of carbonyl (C=O) groups excluding carboxylic acids is 2. The van der Waals surface area contributed by atoms with Gasteiger partial charge in [0.15, 0.2) is 0 Å². The van der Waals surface area contributed by atoms with E-state index >= 15 is 0 Å². The Morgan fingerprint density at radius 2 is 1.23 bits per heavy atom. The van der Waals surface area contributed by atoms with Gasteiger partial charge in [-0.25, -0.2) is 20.4 Å². The maximum absolute atomic E-state index is 8.35. The average Bonchev–Trinajstić information content (AvgIpc) is 2.51. The summed E-state index contributed by atoms with van der Waals surface area (Å²) in [7, 11) is 0. The second-order valence-corrected chi connectivity index (χ2v) is 4.69. The fraction of sp³-hybridized carbons (Fsp3) is 0.222. The van der Waals surface area contributed by atoms with Crippen LogP contribution in [0.5, 0.6) is 0 Å². The van der Waals surface area contributed by atoms with E-state index in [-0.39, 0.29) is 0 Å². The topological polar surface area (TPSA) is 81.8 Å². The largest absolute Gasteiger partial charge is 0.231 e. The van der Waals surface area contributed by atoms with Crippen molar-refractivity contribution in [2.75, 3.05) is 0 Å². The maximum Gasteiger partial charge on any atom is 0.231 e. The molecule has 0 aliphatic heterocycles. The van der Waals surface area contributed by atoms with E-state index in [2.05, 4.69) is 64.1 Å². The van der Waals surface area contributed by atoms with Gasteiger partial charge in [0, 0.05) is 0 Å². The lowest BCUT2D eigenvalue weighted by atomic mass is 9.91. The van der Waals surface area contributed by atoms with Gasteiger partial charge in [-0.1, -0.05) is 36.4 Å². The van der Waals surface area contributed by atoms with Crippen molar-refractivity contribution < 1.29 is 9.59 Å². The van der Waals surface area contributed by atoms with Crippen LogP contribution in [0.15, 0.2) is 36.4 Å². The van der Waals surface area contributed by atoms with Crippen LogP contribution in [0.25, 0.3) is 11.1 Å². The van der Waals surface area contributed by atoms with Crippen LogP contribution >= 0.6 is 0 Å². The van der Waals surface area contributed by atoms with Crippen LogP contribution in [-0.4, -0.2) is 12.2 Å². The quantitative estimate of drug-likeness (QED) is 0.604. The zero-order valence-corrected chi connectivity index (χ0v) is 13.3. The Kier molecular flexibility index (Phi) is 8.73. The summed E-state index contributed by atoms with van der Waals surface area (Å²) < 4.78 is 0. The number of hydrogen-bond acceptors (Lipinski definition) is 4. The molecule has 0 aliphatic carbocycles. The summed E-state index contributed by atoms with van der Waals surface area (Å²) in [5.41, 5.74) is 8.28. The van der Waals surface area contributed by atoms with Crippen LogP contribution in [0.4, 0.5) is 0 Å². The third-order valence-electron chi connectivity index (χ3n) is 3.57. The molecule has 4 heteroatoms. The lowest BCUT2D eigenvalue weighted by Crippen LogP contribution is -1.94. The molecule has 0 spiro atoms. The molecular weight excluding hydrogens is 276 g/mol. The Morgan fingerprint density at radius 3 is 1.68 bits per heavy atom. The van der Waals surface area contributed by atoms with Crippen LogP contribution in [0.3, 0.4) is 0 Å². The molecule has 2 N–H and O–H groups in total. The molecule has 0 bridgehead atoms. The lowest BCUT2D eigenvalue weighted by Gasteiger charge is -2.14. The lowest BCUT2D eigenvalue weighted by molar-refractivity contribution is 0.562. The summed E-state index contributed by atoms with van der Waals surface area (Å²) >= 11 is 0. The van der Waals surface area contributed by atoms with Gasteiger partial charge in [-0.05, 0) is 61.1 Å². The fourth-order valence-electron chi connectivity index (χ4n) is 2.13. The van der Waals surface area contributed by atoms with E-state index in [1.165, 1.54) is 33.4 Å². The highest BCUT2D eigenvalue weighted by Gasteiger charge is 2.08.